The monoisotopic (exact) mass is 139 g/mol. The first-order chi connectivity index (χ1) is 4.54. The van der Waals surface area contributed by atoms with Crippen LogP contribution in [0, 0.1) is 0 Å². The maximum absolute atomic E-state index is 5.33. The molecule has 0 aliphatic carbocycles. The van der Waals surface area contributed by atoms with Crippen LogP contribution >= 0.6 is 0 Å². The number of nitrogens with zero attached hydrogens (tertiary/aromatic N) is 1. The van der Waals surface area contributed by atoms with E-state index in [2.05, 4.69) is 6.58 Å². The van der Waals surface area contributed by atoms with E-state index in [1.165, 1.54) is 0 Å². The van der Waals surface area contributed by atoms with Gasteiger partial charge in [-0.3, -0.25) is 0 Å². The van der Waals surface area contributed by atoms with E-state index in [-0.39, 0.29) is 5.60 Å². The van der Waals surface area contributed by atoms with Gasteiger partial charge in [-0.05, 0) is 13.8 Å². The van der Waals surface area contributed by atoms with Crippen molar-refractivity contribution < 1.29 is 4.74 Å². The van der Waals surface area contributed by atoms with Crippen LogP contribution in [0.3, 0.4) is 0 Å². The van der Waals surface area contributed by atoms with Gasteiger partial charge in [0, 0.05) is 13.2 Å². The molecule has 2 heteroatoms. The lowest BCUT2D eigenvalue weighted by molar-refractivity contribution is 0.0557. The molecule has 1 aliphatic heterocycles. The van der Waals surface area contributed by atoms with Gasteiger partial charge in [-0.1, -0.05) is 6.58 Å². The molecule has 56 valence electrons. The lowest BCUT2D eigenvalue weighted by Crippen LogP contribution is -2.35. The van der Waals surface area contributed by atoms with Crippen molar-refractivity contribution in [3.05, 3.63) is 24.7 Å². The van der Waals surface area contributed by atoms with Crippen LogP contribution in [0.2, 0.25) is 0 Å². The second kappa shape index (κ2) is 2.04. The van der Waals surface area contributed by atoms with Gasteiger partial charge in [-0.25, -0.2) is 0 Å². The molecule has 0 amide bonds. The van der Waals surface area contributed by atoms with Gasteiger partial charge in [0.25, 0.3) is 0 Å². The normalized spacial score (nSPS) is 22.7. The van der Waals surface area contributed by atoms with E-state index in [0.29, 0.717) is 0 Å². The Bertz CT molecular complexity index is 182. The Kier molecular flexibility index (Phi) is 1.47. The van der Waals surface area contributed by atoms with Crippen molar-refractivity contribution in [3.63, 3.8) is 0 Å². The van der Waals surface area contributed by atoms with Gasteiger partial charge in [-0.15, -0.1) is 0 Å². The van der Waals surface area contributed by atoms with Crippen molar-refractivity contribution in [3.8, 4) is 0 Å². The summed E-state index contributed by atoms with van der Waals surface area (Å²) in [5.41, 5.74) is 0.735. The summed E-state index contributed by atoms with van der Waals surface area (Å²) in [5, 5.41) is 0. The molecular weight excluding hydrogens is 126 g/mol. The summed E-state index contributed by atoms with van der Waals surface area (Å²) in [5.74, 6) is 0. The molecule has 1 heterocycles. The molecule has 0 radical (unpaired) electrons. The summed E-state index contributed by atoms with van der Waals surface area (Å²) in [4.78, 5) is 1.96. The molecule has 0 fully saturated rings. The van der Waals surface area contributed by atoms with E-state index < -0.39 is 0 Å². The van der Waals surface area contributed by atoms with Crippen molar-refractivity contribution in [1.29, 1.82) is 0 Å². The second-order valence-electron chi connectivity index (χ2n) is 2.97. The number of rotatable bonds is 0. The topological polar surface area (TPSA) is 12.5 Å². The predicted octanol–water partition coefficient (Wildman–Crippen LogP) is 1.71. The van der Waals surface area contributed by atoms with Crippen molar-refractivity contribution >= 4 is 0 Å². The van der Waals surface area contributed by atoms with Gasteiger partial charge in [0.15, 0.2) is 0 Å². The van der Waals surface area contributed by atoms with Crippen LogP contribution in [0.25, 0.3) is 0 Å². The minimum atomic E-state index is -0.247. The molecule has 2 nitrogen and oxygen atoms in total. The highest BCUT2D eigenvalue weighted by molar-refractivity contribution is 5.14. The van der Waals surface area contributed by atoms with Gasteiger partial charge in [0.05, 0.1) is 5.70 Å². The van der Waals surface area contributed by atoms with Crippen LogP contribution in [0.1, 0.15) is 13.8 Å². The molecule has 1 aliphatic rings. The minimum absolute atomic E-state index is 0.247. The second-order valence-corrected chi connectivity index (χ2v) is 2.97. The van der Waals surface area contributed by atoms with Crippen molar-refractivity contribution in [2.24, 2.45) is 0 Å². The number of ether oxygens (including phenoxy) is 1. The fraction of sp³-hybridized carbons (Fsp3) is 0.500. The van der Waals surface area contributed by atoms with E-state index in [9.17, 15) is 0 Å². The maximum Gasteiger partial charge on any atom is 0.142 e. The highest BCUT2D eigenvalue weighted by Crippen LogP contribution is 2.25. The van der Waals surface area contributed by atoms with Gasteiger partial charge < -0.3 is 9.64 Å². The molecule has 0 atom stereocenters. The Labute approximate surface area is 61.8 Å². The standard InChI is InChI=1S/C8H13NO/c1-7-8(2,3)10-6-5-9(7)4/h5-6H,1H2,2-4H3. The molecule has 0 N–H and O–H groups in total. The molecule has 0 saturated heterocycles. The van der Waals surface area contributed by atoms with Crippen molar-refractivity contribution in [2.45, 2.75) is 19.4 Å². The fourth-order valence-corrected chi connectivity index (χ4v) is 0.875. The van der Waals surface area contributed by atoms with Crippen LogP contribution < -0.4 is 0 Å². The summed E-state index contributed by atoms with van der Waals surface area (Å²) >= 11 is 0. The lowest BCUT2D eigenvalue weighted by Gasteiger charge is -2.35. The quantitative estimate of drug-likeness (QED) is 0.506. The molecular formula is C8H13NO. The average molecular weight is 139 g/mol. The number of hydrogen-bond donors (Lipinski definition) is 0. The van der Waals surface area contributed by atoms with E-state index >= 15 is 0 Å². The molecule has 0 saturated carbocycles. The molecule has 0 unspecified atom stereocenters. The molecule has 0 aromatic rings. The van der Waals surface area contributed by atoms with Crippen LogP contribution in [-0.4, -0.2) is 17.5 Å². The SMILES string of the molecule is C=C1N(C)C=COC1(C)C. The summed E-state index contributed by atoms with van der Waals surface area (Å²) in [6.07, 6.45) is 3.54. The molecule has 0 aromatic heterocycles. The Morgan fingerprint density at radius 1 is 1.60 bits per heavy atom. The number of likely N-dealkylation sites (N-methyl/N-ethyl adjacent to an activating group) is 1. The summed E-state index contributed by atoms with van der Waals surface area (Å²) in [7, 11) is 1.96. The third-order valence-electron chi connectivity index (χ3n) is 1.77. The van der Waals surface area contributed by atoms with Gasteiger partial charge >= 0.3 is 0 Å². The smallest absolute Gasteiger partial charge is 0.142 e. The summed E-state index contributed by atoms with van der Waals surface area (Å²) in [6.45, 7) is 7.89. The Morgan fingerprint density at radius 2 is 2.20 bits per heavy atom. The highest BCUT2D eigenvalue weighted by Gasteiger charge is 2.26. The zero-order chi connectivity index (χ0) is 7.78. The molecule has 0 bridgehead atoms. The first kappa shape index (κ1) is 7.19. The Balaban J connectivity index is 2.85. The lowest BCUT2D eigenvalue weighted by atomic mass is 10.0. The number of hydrogen-bond acceptors (Lipinski definition) is 2. The first-order valence-corrected chi connectivity index (χ1v) is 3.31. The fourth-order valence-electron chi connectivity index (χ4n) is 0.875. The minimum Gasteiger partial charge on any atom is -0.488 e. The summed E-state index contributed by atoms with van der Waals surface area (Å²) in [6, 6.07) is 0. The van der Waals surface area contributed by atoms with E-state index in [0.717, 1.165) is 5.70 Å². The van der Waals surface area contributed by atoms with Crippen molar-refractivity contribution in [1.82, 2.24) is 4.90 Å². The zero-order valence-electron chi connectivity index (χ0n) is 6.72. The average Bonchev–Trinajstić information content (AvgIpc) is 1.83. The van der Waals surface area contributed by atoms with Gasteiger partial charge in [-0.2, -0.15) is 0 Å². The first-order valence-electron chi connectivity index (χ1n) is 3.31. The molecule has 10 heavy (non-hydrogen) atoms. The zero-order valence-corrected chi connectivity index (χ0v) is 6.72. The van der Waals surface area contributed by atoms with Gasteiger partial charge in [0.2, 0.25) is 0 Å². The van der Waals surface area contributed by atoms with E-state index in [1.54, 1.807) is 6.26 Å². The van der Waals surface area contributed by atoms with Crippen LogP contribution in [0.5, 0.6) is 0 Å². The summed E-state index contributed by atoms with van der Waals surface area (Å²) < 4.78 is 5.33. The Morgan fingerprint density at radius 3 is 2.60 bits per heavy atom. The van der Waals surface area contributed by atoms with E-state index in [4.69, 9.17) is 4.74 Å². The Hall–Kier alpha value is -0.920. The van der Waals surface area contributed by atoms with Crippen LogP contribution in [0.4, 0.5) is 0 Å². The molecule has 1 rings (SSSR count). The van der Waals surface area contributed by atoms with Gasteiger partial charge in [0.1, 0.15) is 11.9 Å². The van der Waals surface area contributed by atoms with Crippen LogP contribution in [-0.2, 0) is 4.74 Å². The van der Waals surface area contributed by atoms with E-state index in [1.807, 2.05) is 32.0 Å². The predicted molar refractivity (Wildman–Crippen MR) is 41.2 cm³/mol. The molecule has 0 aromatic carbocycles. The third kappa shape index (κ3) is 1.01. The highest BCUT2D eigenvalue weighted by atomic mass is 16.5. The van der Waals surface area contributed by atoms with Crippen LogP contribution in [0.15, 0.2) is 24.7 Å². The largest absolute Gasteiger partial charge is 0.488 e. The third-order valence-corrected chi connectivity index (χ3v) is 1.77. The molecule has 0 spiro atoms. The van der Waals surface area contributed by atoms with Crippen molar-refractivity contribution in [2.75, 3.05) is 7.05 Å². The maximum atomic E-state index is 5.33.